The van der Waals surface area contributed by atoms with Crippen molar-refractivity contribution in [2.75, 3.05) is 10.5 Å². The van der Waals surface area contributed by atoms with Gasteiger partial charge in [-0.25, -0.2) is 8.42 Å². The quantitative estimate of drug-likeness (QED) is 0.802. The van der Waals surface area contributed by atoms with Gasteiger partial charge < -0.3 is 5.73 Å². The molecule has 0 aliphatic heterocycles. The molecule has 0 atom stereocenters. The minimum Gasteiger partial charge on any atom is -0.398 e. The maximum Gasteiger partial charge on any atom is 0.237 e. The molecule has 0 aromatic heterocycles. The zero-order chi connectivity index (χ0) is 14.8. The van der Waals surface area contributed by atoms with Crippen molar-refractivity contribution in [3.05, 3.63) is 57.5 Å². The summed E-state index contributed by atoms with van der Waals surface area (Å²) in [5.41, 5.74) is 7.15. The van der Waals surface area contributed by atoms with Crippen LogP contribution in [0.3, 0.4) is 0 Å². The Labute approximate surface area is 131 Å². The number of anilines is 2. The Morgan fingerprint density at radius 2 is 1.90 bits per heavy atom. The molecule has 0 saturated heterocycles. The number of sulfonamides is 1. The molecule has 0 amide bonds. The summed E-state index contributed by atoms with van der Waals surface area (Å²) in [6, 6.07) is 11.7. The maximum absolute atomic E-state index is 12.2. The molecule has 106 valence electrons. The number of nitrogens with two attached hydrogens (primary N) is 1. The number of para-hydroxylation sites is 1. The van der Waals surface area contributed by atoms with Crippen LogP contribution in [0.5, 0.6) is 0 Å². The minimum absolute atomic E-state index is 0.196. The molecule has 4 nitrogen and oxygen atoms in total. The van der Waals surface area contributed by atoms with Gasteiger partial charge in [0.1, 0.15) is 0 Å². The van der Waals surface area contributed by atoms with E-state index in [0.29, 0.717) is 26.4 Å². The molecule has 0 radical (unpaired) electrons. The highest BCUT2D eigenvalue weighted by molar-refractivity contribution is 9.10. The van der Waals surface area contributed by atoms with Crippen LogP contribution < -0.4 is 10.5 Å². The molecule has 0 unspecified atom stereocenters. The van der Waals surface area contributed by atoms with E-state index >= 15 is 0 Å². The van der Waals surface area contributed by atoms with Gasteiger partial charge >= 0.3 is 0 Å². The van der Waals surface area contributed by atoms with E-state index in [1.165, 1.54) is 6.07 Å². The zero-order valence-electron chi connectivity index (χ0n) is 10.3. The van der Waals surface area contributed by atoms with E-state index in [4.69, 9.17) is 17.3 Å². The van der Waals surface area contributed by atoms with Crippen LogP contribution >= 0.6 is 27.5 Å². The number of hydrogen-bond acceptors (Lipinski definition) is 3. The van der Waals surface area contributed by atoms with Crippen molar-refractivity contribution in [3.63, 3.8) is 0 Å². The largest absolute Gasteiger partial charge is 0.398 e. The predicted molar refractivity (Wildman–Crippen MR) is 86.3 cm³/mol. The number of benzene rings is 2. The second-order valence-corrected chi connectivity index (χ2v) is 7.20. The molecular weight excluding hydrogens is 364 g/mol. The Hall–Kier alpha value is -1.24. The van der Waals surface area contributed by atoms with Crippen molar-refractivity contribution in [1.29, 1.82) is 0 Å². The van der Waals surface area contributed by atoms with E-state index in [1.54, 1.807) is 36.4 Å². The van der Waals surface area contributed by atoms with Crippen LogP contribution in [0.25, 0.3) is 0 Å². The molecule has 0 bridgehead atoms. The average molecular weight is 376 g/mol. The standard InChI is InChI=1S/C13H12BrClN2O2S/c14-11-6-5-10(15)7-13(11)17-20(18,19)8-9-3-1-2-4-12(9)16/h1-7,17H,8,16H2. The van der Waals surface area contributed by atoms with Crippen LogP contribution in [-0.4, -0.2) is 8.42 Å². The van der Waals surface area contributed by atoms with Gasteiger partial charge in [-0.05, 0) is 45.8 Å². The molecule has 0 aliphatic carbocycles. The Balaban J connectivity index is 2.24. The molecule has 0 heterocycles. The predicted octanol–water partition coefficient (Wildman–Crippen LogP) is 3.63. The third-order valence-electron chi connectivity index (χ3n) is 2.59. The van der Waals surface area contributed by atoms with E-state index in [2.05, 4.69) is 20.7 Å². The normalized spacial score (nSPS) is 11.3. The summed E-state index contributed by atoms with van der Waals surface area (Å²) in [7, 11) is -3.57. The molecular formula is C13H12BrClN2O2S. The second-order valence-electron chi connectivity index (χ2n) is 4.18. The summed E-state index contributed by atoms with van der Waals surface area (Å²) in [5.74, 6) is -0.196. The van der Waals surface area contributed by atoms with Crippen molar-refractivity contribution in [2.24, 2.45) is 0 Å². The first-order valence-electron chi connectivity index (χ1n) is 5.66. The summed E-state index contributed by atoms with van der Waals surface area (Å²) in [5, 5.41) is 0.449. The molecule has 0 saturated carbocycles. The highest BCUT2D eigenvalue weighted by atomic mass is 79.9. The summed E-state index contributed by atoms with van der Waals surface area (Å²) < 4.78 is 27.4. The van der Waals surface area contributed by atoms with Gasteiger partial charge in [0.25, 0.3) is 0 Å². The summed E-state index contributed by atoms with van der Waals surface area (Å²) >= 11 is 9.13. The van der Waals surface area contributed by atoms with Crippen molar-refractivity contribution in [1.82, 2.24) is 0 Å². The van der Waals surface area contributed by atoms with Gasteiger partial charge in [-0.2, -0.15) is 0 Å². The Bertz CT molecular complexity index is 735. The smallest absolute Gasteiger partial charge is 0.237 e. The molecule has 0 aliphatic rings. The first-order valence-corrected chi connectivity index (χ1v) is 8.48. The van der Waals surface area contributed by atoms with Gasteiger partial charge in [0.2, 0.25) is 10.0 Å². The lowest BCUT2D eigenvalue weighted by Crippen LogP contribution is -2.16. The van der Waals surface area contributed by atoms with Crippen molar-refractivity contribution < 1.29 is 8.42 Å². The zero-order valence-corrected chi connectivity index (χ0v) is 13.5. The van der Waals surface area contributed by atoms with E-state index < -0.39 is 10.0 Å². The third kappa shape index (κ3) is 3.88. The van der Waals surface area contributed by atoms with Gasteiger partial charge in [-0.3, -0.25) is 4.72 Å². The number of rotatable bonds is 4. The molecule has 2 rings (SSSR count). The van der Waals surface area contributed by atoms with Crippen LogP contribution in [0.2, 0.25) is 5.02 Å². The van der Waals surface area contributed by atoms with Crippen molar-refractivity contribution in [2.45, 2.75) is 5.75 Å². The van der Waals surface area contributed by atoms with Gasteiger partial charge in [0.15, 0.2) is 0 Å². The lowest BCUT2D eigenvalue weighted by molar-refractivity contribution is 0.600. The molecule has 0 spiro atoms. The minimum atomic E-state index is -3.57. The Morgan fingerprint density at radius 3 is 2.60 bits per heavy atom. The first kappa shape index (κ1) is 15.2. The third-order valence-corrected chi connectivity index (χ3v) is 4.74. The summed E-state index contributed by atoms with van der Waals surface area (Å²) in [6.07, 6.45) is 0. The van der Waals surface area contributed by atoms with Gasteiger partial charge in [-0.15, -0.1) is 0 Å². The van der Waals surface area contributed by atoms with Gasteiger partial charge in [0.05, 0.1) is 11.4 Å². The SMILES string of the molecule is Nc1ccccc1CS(=O)(=O)Nc1cc(Cl)ccc1Br. The van der Waals surface area contributed by atoms with Crippen molar-refractivity contribution >= 4 is 48.9 Å². The Kier molecular flexibility index (Phi) is 4.57. The molecule has 7 heteroatoms. The van der Waals surface area contributed by atoms with Crippen LogP contribution in [0.4, 0.5) is 11.4 Å². The lowest BCUT2D eigenvalue weighted by Gasteiger charge is -2.11. The molecule has 2 aromatic rings. The summed E-state index contributed by atoms with van der Waals surface area (Å²) in [6.45, 7) is 0. The molecule has 3 N–H and O–H groups in total. The van der Waals surface area contributed by atoms with Crippen LogP contribution in [-0.2, 0) is 15.8 Å². The lowest BCUT2D eigenvalue weighted by atomic mass is 10.2. The van der Waals surface area contributed by atoms with E-state index in [9.17, 15) is 8.42 Å². The highest BCUT2D eigenvalue weighted by Gasteiger charge is 2.15. The molecule has 2 aromatic carbocycles. The monoisotopic (exact) mass is 374 g/mol. The fourth-order valence-electron chi connectivity index (χ4n) is 1.65. The van der Waals surface area contributed by atoms with E-state index in [-0.39, 0.29) is 5.75 Å². The van der Waals surface area contributed by atoms with Gasteiger partial charge in [0, 0.05) is 15.2 Å². The topological polar surface area (TPSA) is 72.2 Å². The average Bonchev–Trinajstić information content (AvgIpc) is 2.36. The fraction of sp³-hybridized carbons (Fsp3) is 0.0769. The number of hydrogen-bond donors (Lipinski definition) is 2. The molecule has 0 fully saturated rings. The van der Waals surface area contributed by atoms with Crippen LogP contribution in [0.1, 0.15) is 5.56 Å². The fourth-order valence-corrected chi connectivity index (χ4v) is 3.55. The maximum atomic E-state index is 12.2. The number of nitrogens with one attached hydrogen (secondary N) is 1. The van der Waals surface area contributed by atoms with E-state index in [1.807, 2.05) is 0 Å². The number of nitrogen functional groups attached to an aromatic ring is 1. The first-order chi connectivity index (χ1) is 9.37. The Morgan fingerprint density at radius 1 is 1.20 bits per heavy atom. The number of halogens is 2. The van der Waals surface area contributed by atoms with Gasteiger partial charge in [-0.1, -0.05) is 29.8 Å². The highest BCUT2D eigenvalue weighted by Crippen LogP contribution is 2.27. The summed E-state index contributed by atoms with van der Waals surface area (Å²) in [4.78, 5) is 0. The van der Waals surface area contributed by atoms with Crippen LogP contribution in [0.15, 0.2) is 46.9 Å². The van der Waals surface area contributed by atoms with Crippen LogP contribution in [0, 0.1) is 0 Å². The van der Waals surface area contributed by atoms with Crippen molar-refractivity contribution in [3.8, 4) is 0 Å². The second kappa shape index (κ2) is 6.03. The molecule has 20 heavy (non-hydrogen) atoms. The van der Waals surface area contributed by atoms with E-state index in [0.717, 1.165) is 0 Å².